The van der Waals surface area contributed by atoms with Gasteiger partial charge in [-0.1, -0.05) is 29.3 Å². The van der Waals surface area contributed by atoms with Crippen LogP contribution in [0.1, 0.15) is 35.2 Å². The quantitative estimate of drug-likeness (QED) is 0.633. The first kappa shape index (κ1) is 20.2. The number of hydrogen-bond donors (Lipinski definition) is 3. The number of nitrogens with one attached hydrogen (secondary N) is 3. The highest BCUT2D eigenvalue weighted by atomic mass is 35.5. The Balaban J connectivity index is 1.71. The van der Waals surface area contributed by atoms with Crippen molar-refractivity contribution in [1.82, 2.24) is 20.8 Å². The van der Waals surface area contributed by atoms with Gasteiger partial charge in [0.05, 0.1) is 11.1 Å². The molecule has 1 aliphatic rings. The molecule has 1 fully saturated rings. The zero-order valence-corrected chi connectivity index (χ0v) is 15.8. The maximum absolute atomic E-state index is 12.1. The van der Waals surface area contributed by atoms with Gasteiger partial charge < -0.3 is 5.32 Å². The summed E-state index contributed by atoms with van der Waals surface area (Å²) in [6, 6.07) is 5.27. The molecular weight excluding hydrogens is 415 g/mol. The predicted molar refractivity (Wildman–Crippen MR) is 99.3 cm³/mol. The van der Waals surface area contributed by atoms with Crippen molar-refractivity contribution in [2.75, 3.05) is 5.32 Å². The fourth-order valence-corrected chi connectivity index (χ4v) is 3.65. The second kappa shape index (κ2) is 8.24. The summed E-state index contributed by atoms with van der Waals surface area (Å²) in [5.74, 6) is -2.19. The van der Waals surface area contributed by atoms with E-state index in [0.717, 1.165) is 24.8 Å². The van der Waals surface area contributed by atoms with Crippen LogP contribution in [-0.4, -0.2) is 28.2 Å². The van der Waals surface area contributed by atoms with Gasteiger partial charge in [0.1, 0.15) is 0 Å². The van der Waals surface area contributed by atoms with E-state index in [9.17, 15) is 18.4 Å². The summed E-state index contributed by atoms with van der Waals surface area (Å²) in [6.45, 7) is 0. The molecule has 0 atom stereocenters. The summed E-state index contributed by atoms with van der Waals surface area (Å²) in [4.78, 5) is 30.8. The van der Waals surface area contributed by atoms with E-state index < -0.39 is 23.8 Å². The summed E-state index contributed by atoms with van der Waals surface area (Å²) in [6.07, 6.45) is 1.71. The van der Waals surface area contributed by atoms with Gasteiger partial charge in [0.2, 0.25) is 5.95 Å². The molecule has 2 aromatic rings. The molecule has 1 heterocycles. The standard InChI is InChI=1S/C17H15Cl2F2N5O2/c18-10-3-1-4-11(19)12(10)17(5-2-6-17)24-16-22-7-9(8-23-16)14(27)25-26-15(28)13(20)21/h1,3-4,7-8,13H,2,5-6H2,(H,25,27)(H,26,28)(H,22,23,24). The van der Waals surface area contributed by atoms with Crippen molar-refractivity contribution in [3.8, 4) is 0 Å². The SMILES string of the molecule is O=C(NNC(=O)C(F)F)c1cnc(NC2(c3c(Cl)cccc3Cl)CCC2)nc1. The topological polar surface area (TPSA) is 96.0 Å². The number of aromatic nitrogens is 2. The number of halogens is 4. The lowest BCUT2D eigenvalue weighted by atomic mass is 9.72. The van der Waals surface area contributed by atoms with Gasteiger partial charge in [0.25, 0.3) is 5.91 Å². The van der Waals surface area contributed by atoms with Crippen LogP contribution in [0.5, 0.6) is 0 Å². The van der Waals surface area contributed by atoms with Crippen LogP contribution in [0, 0.1) is 0 Å². The first-order valence-electron chi connectivity index (χ1n) is 8.25. The van der Waals surface area contributed by atoms with Gasteiger partial charge in [-0.15, -0.1) is 0 Å². The predicted octanol–water partition coefficient (Wildman–Crippen LogP) is 3.30. The van der Waals surface area contributed by atoms with Crippen LogP contribution < -0.4 is 16.2 Å². The van der Waals surface area contributed by atoms with E-state index in [-0.39, 0.29) is 11.5 Å². The van der Waals surface area contributed by atoms with Gasteiger partial charge >= 0.3 is 12.3 Å². The third-order valence-corrected chi connectivity index (χ3v) is 5.04. The lowest BCUT2D eigenvalue weighted by Crippen LogP contribution is -2.44. The Morgan fingerprint density at radius 1 is 1.07 bits per heavy atom. The average molecular weight is 430 g/mol. The molecule has 2 amide bonds. The van der Waals surface area contributed by atoms with E-state index >= 15 is 0 Å². The Hall–Kier alpha value is -2.52. The maximum Gasteiger partial charge on any atom is 0.317 e. The highest BCUT2D eigenvalue weighted by Gasteiger charge is 2.42. The minimum Gasteiger partial charge on any atom is -0.345 e. The smallest absolute Gasteiger partial charge is 0.317 e. The molecule has 0 aliphatic heterocycles. The van der Waals surface area contributed by atoms with Crippen molar-refractivity contribution < 1.29 is 18.4 Å². The molecule has 0 spiro atoms. The summed E-state index contributed by atoms with van der Waals surface area (Å²) in [5.41, 5.74) is 3.70. The van der Waals surface area contributed by atoms with Gasteiger partial charge in [-0.2, -0.15) is 8.78 Å². The molecule has 0 radical (unpaired) electrons. The van der Waals surface area contributed by atoms with Crippen molar-refractivity contribution in [2.45, 2.75) is 31.2 Å². The molecule has 3 rings (SSSR count). The Bertz CT molecular complexity index is 871. The van der Waals surface area contributed by atoms with Crippen molar-refractivity contribution >= 4 is 41.0 Å². The van der Waals surface area contributed by atoms with E-state index in [0.29, 0.717) is 10.0 Å². The van der Waals surface area contributed by atoms with Crippen LogP contribution in [0.15, 0.2) is 30.6 Å². The second-order valence-electron chi connectivity index (χ2n) is 6.20. The highest BCUT2D eigenvalue weighted by molar-refractivity contribution is 6.36. The molecule has 0 saturated heterocycles. The van der Waals surface area contributed by atoms with Gasteiger partial charge in [0.15, 0.2) is 0 Å². The van der Waals surface area contributed by atoms with Crippen molar-refractivity contribution in [3.63, 3.8) is 0 Å². The molecule has 28 heavy (non-hydrogen) atoms. The Morgan fingerprint density at radius 3 is 2.18 bits per heavy atom. The van der Waals surface area contributed by atoms with Gasteiger partial charge in [-0.3, -0.25) is 20.4 Å². The number of amides is 2. The molecular formula is C17H15Cl2F2N5O2. The van der Waals surface area contributed by atoms with Crippen LogP contribution in [-0.2, 0) is 10.3 Å². The molecule has 1 aliphatic carbocycles. The summed E-state index contributed by atoms with van der Waals surface area (Å²) in [5, 5.41) is 4.30. The summed E-state index contributed by atoms with van der Waals surface area (Å²) < 4.78 is 24.2. The number of hydrazine groups is 1. The average Bonchev–Trinajstić information content (AvgIpc) is 2.63. The third-order valence-electron chi connectivity index (χ3n) is 4.41. The molecule has 1 aromatic heterocycles. The van der Waals surface area contributed by atoms with E-state index in [1.54, 1.807) is 23.6 Å². The fraction of sp³-hybridized carbons (Fsp3) is 0.294. The van der Waals surface area contributed by atoms with Crippen molar-refractivity contribution in [2.24, 2.45) is 0 Å². The van der Waals surface area contributed by atoms with Crippen LogP contribution in [0.25, 0.3) is 0 Å². The summed E-state index contributed by atoms with van der Waals surface area (Å²) >= 11 is 12.7. The van der Waals surface area contributed by atoms with E-state index in [1.165, 1.54) is 12.4 Å². The Kier molecular flexibility index (Phi) is 5.95. The Labute approximate surface area is 168 Å². The molecule has 0 unspecified atom stereocenters. The largest absolute Gasteiger partial charge is 0.345 e. The van der Waals surface area contributed by atoms with Gasteiger partial charge in [0, 0.05) is 28.0 Å². The number of carbonyl (C=O) groups excluding carboxylic acids is 2. The number of nitrogens with zero attached hydrogens (tertiary/aromatic N) is 2. The lowest BCUT2D eigenvalue weighted by molar-refractivity contribution is -0.132. The van der Waals surface area contributed by atoms with Crippen LogP contribution >= 0.6 is 23.2 Å². The van der Waals surface area contributed by atoms with Crippen LogP contribution in [0.3, 0.4) is 0 Å². The molecule has 7 nitrogen and oxygen atoms in total. The maximum atomic E-state index is 12.1. The zero-order chi connectivity index (χ0) is 20.3. The third kappa shape index (κ3) is 4.15. The van der Waals surface area contributed by atoms with E-state index in [1.807, 2.05) is 5.43 Å². The summed E-state index contributed by atoms with van der Waals surface area (Å²) in [7, 11) is 0. The molecule has 0 bridgehead atoms. The Morgan fingerprint density at radius 2 is 1.68 bits per heavy atom. The van der Waals surface area contributed by atoms with E-state index in [2.05, 4.69) is 15.3 Å². The minimum atomic E-state index is -3.24. The first-order chi connectivity index (χ1) is 13.3. The first-order valence-corrected chi connectivity index (χ1v) is 9.01. The van der Waals surface area contributed by atoms with Gasteiger partial charge in [-0.25, -0.2) is 9.97 Å². The zero-order valence-electron chi connectivity index (χ0n) is 14.3. The van der Waals surface area contributed by atoms with Gasteiger partial charge in [-0.05, 0) is 31.4 Å². The molecule has 1 saturated carbocycles. The number of rotatable bonds is 5. The number of carbonyl (C=O) groups is 2. The fourth-order valence-electron chi connectivity index (χ4n) is 2.89. The monoisotopic (exact) mass is 429 g/mol. The minimum absolute atomic E-state index is 0.0152. The number of benzene rings is 1. The molecule has 11 heteroatoms. The van der Waals surface area contributed by atoms with Crippen LogP contribution in [0.2, 0.25) is 10.0 Å². The molecule has 1 aromatic carbocycles. The van der Waals surface area contributed by atoms with Crippen LogP contribution in [0.4, 0.5) is 14.7 Å². The van der Waals surface area contributed by atoms with Crippen molar-refractivity contribution in [1.29, 1.82) is 0 Å². The second-order valence-corrected chi connectivity index (χ2v) is 7.01. The number of hydrogen-bond acceptors (Lipinski definition) is 5. The van der Waals surface area contributed by atoms with E-state index in [4.69, 9.17) is 23.2 Å². The number of anilines is 1. The molecule has 148 valence electrons. The normalized spacial score (nSPS) is 14.9. The van der Waals surface area contributed by atoms with Crippen molar-refractivity contribution in [3.05, 3.63) is 51.8 Å². The molecule has 3 N–H and O–H groups in total. The lowest BCUT2D eigenvalue weighted by Gasteiger charge is -2.44. The highest BCUT2D eigenvalue weighted by Crippen LogP contribution is 2.48. The number of alkyl halides is 2.